The Morgan fingerprint density at radius 3 is 2.09 bits per heavy atom. The first-order chi connectivity index (χ1) is 5.06. The SMILES string of the molecule is C=CC1(O)C[C@H](O)C[C@H](O)C1. The normalized spacial score (nSPS) is 45.4. The fourth-order valence-corrected chi connectivity index (χ4v) is 1.55. The molecule has 1 saturated carbocycles. The molecule has 1 rings (SSSR count). The monoisotopic (exact) mass is 158 g/mol. The third kappa shape index (κ3) is 2.02. The van der Waals surface area contributed by atoms with E-state index in [0.717, 1.165) is 0 Å². The second kappa shape index (κ2) is 2.93. The molecule has 0 aromatic carbocycles. The Bertz CT molecular complexity index is 145. The highest BCUT2D eigenvalue weighted by Crippen LogP contribution is 2.29. The molecular formula is C8H14O3. The summed E-state index contributed by atoms with van der Waals surface area (Å²) >= 11 is 0. The van der Waals surface area contributed by atoms with Gasteiger partial charge in [0.05, 0.1) is 17.8 Å². The molecule has 1 fully saturated rings. The first-order valence-corrected chi connectivity index (χ1v) is 3.78. The van der Waals surface area contributed by atoms with Gasteiger partial charge in [0.1, 0.15) is 0 Å². The maximum Gasteiger partial charge on any atom is 0.0874 e. The molecule has 0 aliphatic heterocycles. The van der Waals surface area contributed by atoms with Gasteiger partial charge < -0.3 is 15.3 Å². The standard InChI is InChI=1S/C8H14O3/c1-2-8(11)4-6(9)3-7(10)5-8/h2,6-7,9-11H,1,3-5H2/t6-,7+,8?. The summed E-state index contributed by atoms with van der Waals surface area (Å²) in [4.78, 5) is 0. The molecule has 0 radical (unpaired) electrons. The minimum absolute atomic E-state index is 0.285. The first-order valence-electron chi connectivity index (χ1n) is 3.78. The van der Waals surface area contributed by atoms with Crippen LogP contribution in [0.5, 0.6) is 0 Å². The van der Waals surface area contributed by atoms with Crippen LogP contribution in [0, 0.1) is 0 Å². The summed E-state index contributed by atoms with van der Waals surface area (Å²) < 4.78 is 0. The zero-order chi connectivity index (χ0) is 8.48. The second-order valence-electron chi connectivity index (χ2n) is 3.26. The number of hydrogen-bond donors (Lipinski definition) is 3. The van der Waals surface area contributed by atoms with Crippen LogP contribution in [0.15, 0.2) is 12.7 Å². The topological polar surface area (TPSA) is 60.7 Å². The number of hydrogen-bond acceptors (Lipinski definition) is 3. The Morgan fingerprint density at radius 1 is 1.27 bits per heavy atom. The molecule has 64 valence electrons. The Hall–Kier alpha value is -0.380. The molecule has 1 aliphatic rings. The van der Waals surface area contributed by atoms with Crippen molar-refractivity contribution in [2.45, 2.75) is 37.1 Å². The summed E-state index contributed by atoms with van der Waals surface area (Å²) in [6, 6.07) is 0. The van der Waals surface area contributed by atoms with E-state index < -0.39 is 17.8 Å². The summed E-state index contributed by atoms with van der Waals surface area (Å²) in [5.41, 5.74) is -1.07. The zero-order valence-electron chi connectivity index (χ0n) is 6.40. The molecule has 11 heavy (non-hydrogen) atoms. The fourth-order valence-electron chi connectivity index (χ4n) is 1.55. The van der Waals surface area contributed by atoms with Gasteiger partial charge >= 0.3 is 0 Å². The maximum absolute atomic E-state index is 9.58. The highest BCUT2D eigenvalue weighted by molar-refractivity contribution is 5.01. The van der Waals surface area contributed by atoms with Crippen LogP contribution < -0.4 is 0 Å². The van der Waals surface area contributed by atoms with Crippen LogP contribution in [-0.4, -0.2) is 33.1 Å². The number of aliphatic hydroxyl groups excluding tert-OH is 2. The largest absolute Gasteiger partial charge is 0.393 e. The Labute approximate surface area is 66.0 Å². The first kappa shape index (κ1) is 8.71. The van der Waals surface area contributed by atoms with Crippen LogP contribution >= 0.6 is 0 Å². The molecule has 3 N–H and O–H groups in total. The summed E-state index contributed by atoms with van der Waals surface area (Å²) in [6.07, 6.45) is 1.10. The smallest absolute Gasteiger partial charge is 0.0874 e. The van der Waals surface area contributed by atoms with E-state index >= 15 is 0 Å². The van der Waals surface area contributed by atoms with Crippen molar-refractivity contribution in [1.29, 1.82) is 0 Å². The molecule has 0 aromatic rings. The zero-order valence-corrected chi connectivity index (χ0v) is 6.40. The lowest BCUT2D eigenvalue weighted by molar-refractivity contribution is -0.0634. The van der Waals surface area contributed by atoms with Gasteiger partial charge in [-0.3, -0.25) is 0 Å². The van der Waals surface area contributed by atoms with Crippen molar-refractivity contribution in [2.24, 2.45) is 0 Å². The average Bonchev–Trinajstić information content (AvgIpc) is 1.84. The lowest BCUT2D eigenvalue weighted by atomic mass is 9.81. The predicted molar refractivity (Wildman–Crippen MR) is 41.0 cm³/mol. The van der Waals surface area contributed by atoms with Crippen molar-refractivity contribution in [3.05, 3.63) is 12.7 Å². The second-order valence-corrected chi connectivity index (χ2v) is 3.26. The maximum atomic E-state index is 9.58. The van der Waals surface area contributed by atoms with E-state index in [1.807, 2.05) is 0 Å². The van der Waals surface area contributed by atoms with Crippen LogP contribution in [0.3, 0.4) is 0 Å². The minimum Gasteiger partial charge on any atom is -0.393 e. The van der Waals surface area contributed by atoms with E-state index in [0.29, 0.717) is 6.42 Å². The van der Waals surface area contributed by atoms with Gasteiger partial charge in [-0.05, 0) is 6.42 Å². The van der Waals surface area contributed by atoms with Crippen LogP contribution in [-0.2, 0) is 0 Å². The van der Waals surface area contributed by atoms with Gasteiger partial charge in [-0.1, -0.05) is 6.08 Å². The predicted octanol–water partition coefficient (Wildman–Crippen LogP) is -0.191. The molecule has 0 heterocycles. The summed E-state index contributed by atoms with van der Waals surface area (Å²) in [6.45, 7) is 3.45. The molecule has 0 amide bonds. The van der Waals surface area contributed by atoms with E-state index in [2.05, 4.69) is 6.58 Å². The Balaban J connectivity index is 2.62. The summed E-state index contributed by atoms with van der Waals surface area (Å²) in [7, 11) is 0. The number of aliphatic hydroxyl groups is 3. The molecule has 1 unspecified atom stereocenters. The summed E-state index contributed by atoms with van der Waals surface area (Å²) in [5.74, 6) is 0. The van der Waals surface area contributed by atoms with E-state index in [-0.39, 0.29) is 12.8 Å². The average molecular weight is 158 g/mol. The lowest BCUT2D eigenvalue weighted by Crippen LogP contribution is -2.41. The highest BCUT2D eigenvalue weighted by atomic mass is 16.3. The van der Waals surface area contributed by atoms with Gasteiger partial charge in [0.25, 0.3) is 0 Å². The molecular weight excluding hydrogens is 144 g/mol. The van der Waals surface area contributed by atoms with Crippen molar-refractivity contribution < 1.29 is 15.3 Å². The van der Waals surface area contributed by atoms with E-state index in [1.54, 1.807) is 0 Å². The van der Waals surface area contributed by atoms with Crippen LogP contribution in [0.25, 0.3) is 0 Å². The van der Waals surface area contributed by atoms with Crippen molar-refractivity contribution in [1.82, 2.24) is 0 Å². The molecule has 3 atom stereocenters. The van der Waals surface area contributed by atoms with Crippen molar-refractivity contribution >= 4 is 0 Å². The molecule has 0 bridgehead atoms. The molecule has 0 saturated heterocycles. The minimum atomic E-state index is -1.07. The molecule has 0 aromatic heterocycles. The van der Waals surface area contributed by atoms with Crippen molar-refractivity contribution in [2.75, 3.05) is 0 Å². The fraction of sp³-hybridized carbons (Fsp3) is 0.750. The van der Waals surface area contributed by atoms with Crippen LogP contribution in [0.1, 0.15) is 19.3 Å². The Morgan fingerprint density at radius 2 is 1.73 bits per heavy atom. The summed E-state index contributed by atoms with van der Waals surface area (Å²) in [5, 5.41) is 27.9. The third-order valence-electron chi connectivity index (χ3n) is 2.10. The van der Waals surface area contributed by atoms with Gasteiger partial charge in [0.15, 0.2) is 0 Å². The third-order valence-corrected chi connectivity index (χ3v) is 2.10. The van der Waals surface area contributed by atoms with Crippen molar-refractivity contribution in [3.63, 3.8) is 0 Å². The van der Waals surface area contributed by atoms with Gasteiger partial charge in [-0.2, -0.15) is 0 Å². The van der Waals surface area contributed by atoms with Crippen LogP contribution in [0.2, 0.25) is 0 Å². The molecule has 1 aliphatic carbocycles. The number of rotatable bonds is 1. The van der Waals surface area contributed by atoms with E-state index in [9.17, 15) is 15.3 Å². The molecule has 3 nitrogen and oxygen atoms in total. The van der Waals surface area contributed by atoms with Gasteiger partial charge in [0.2, 0.25) is 0 Å². The highest BCUT2D eigenvalue weighted by Gasteiger charge is 2.35. The lowest BCUT2D eigenvalue weighted by Gasteiger charge is -2.34. The van der Waals surface area contributed by atoms with Gasteiger partial charge in [0, 0.05) is 12.8 Å². The van der Waals surface area contributed by atoms with Crippen LogP contribution in [0.4, 0.5) is 0 Å². The molecule has 3 heteroatoms. The van der Waals surface area contributed by atoms with Gasteiger partial charge in [-0.15, -0.1) is 6.58 Å². The Kier molecular flexibility index (Phi) is 2.32. The quantitative estimate of drug-likeness (QED) is 0.463. The molecule has 0 spiro atoms. The van der Waals surface area contributed by atoms with Gasteiger partial charge in [-0.25, -0.2) is 0 Å². The van der Waals surface area contributed by atoms with E-state index in [1.165, 1.54) is 6.08 Å². The van der Waals surface area contributed by atoms with Crippen molar-refractivity contribution in [3.8, 4) is 0 Å². The van der Waals surface area contributed by atoms with E-state index in [4.69, 9.17) is 0 Å².